The van der Waals surface area contributed by atoms with Crippen LogP contribution in [0.3, 0.4) is 0 Å². The molecule has 1 N–H and O–H groups in total. The van der Waals surface area contributed by atoms with E-state index in [1.807, 2.05) is 26.0 Å². The fourth-order valence-electron chi connectivity index (χ4n) is 1.79. The number of nitrogens with one attached hydrogen (secondary N) is 1. The number of halogens is 2. The highest BCUT2D eigenvalue weighted by Gasteiger charge is 2.22. The van der Waals surface area contributed by atoms with Crippen LogP contribution in [0.25, 0.3) is 0 Å². The minimum Gasteiger partial charge on any atom is -0.313 e. The minimum atomic E-state index is -0.427. The summed E-state index contributed by atoms with van der Waals surface area (Å²) in [6.45, 7) is 4.06. The SMILES string of the molecule is CC(C)C(=O)[C@H](CNCCF)c1ccc(Cl)cc1. The van der Waals surface area contributed by atoms with Gasteiger partial charge in [0.2, 0.25) is 0 Å². The third-order valence-electron chi connectivity index (χ3n) is 2.80. The third kappa shape index (κ3) is 4.39. The minimum absolute atomic E-state index is 0.0437. The summed E-state index contributed by atoms with van der Waals surface area (Å²) in [6.07, 6.45) is 0. The van der Waals surface area contributed by atoms with Crippen LogP contribution < -0.4 is 5.32 Å². The van der Waals surface area contributed by atoms with E-state index in [2.05, 4.69) is 5.32 Å². The van der Waals surface area contributed by atoms with Crippen molar-refractivity contribution in [3.63, 3.8) is 0 Å². The van der Waals surface area contributed by atoms with Crippen molar-refractivity contribution in [1.29, 1.82) is 0 Å². The molecule has 1 aromatic carbocycles. The molecule has 1 atom stereocenters. The van der Waals surface area contributed by atoms with E-state index in [1.165, 1.54) is 0 Å². The van der Waals surface area contributed by atoms with Gasteiger partial charge in [0.1, 0.15) is 12.5 Å². The van der Waals surface area contributed by atoms with Gasteiger partial charge >= 0.3 is 0 Å². The van der Waals surface area contributed by atoms with Crippen LogP contribution in [0, 0.1) is 5.92 Å². The highest BCUT2D eigenvalue weighted by molar-refractivity contribution is 6.30. The fourth-order valence-corrected chi connectivity index (χ4v) is 1.92. The van der Waals surface area contributed by atoms with Crippen molar-refractivity contribution in [2.45, 2.75) is 19.8 Å². The lowest BCUT2D eigenvalue weighted by molar-refractivity contribution is -0.123. The molecule has 0 bridgehead atoms. The first-order chi connectivity index (χ1) is 8.56. The molecule has 0 aliphatic rings. The summed E-state index contributed by atoms with van der Waals surface area (Å²) < 4.78 is 12.1. The van der Waals surface area contributed by atoms with Crippen LogP contribution in [-0.2, 0) is 4.79 Å². The average molecular weight is 272 g/mol. The first kappa shape index (κ1) is 15.1. The lowest BCUT2D eigenvalue weighted by Gasteiger charge is -2.19. The molecular weight excluding hydrogens is 253 g/mol. The largest absolute Gasteiger partial charge is 0.313 e. The number of hydrogen-bond donors (Lipinski definition) is 1. The van der Waals surface area contributed by atoms with Crippen LogP contribution >= 0.6 is 11.6 Å². The third-order valence-corrected chi connectivity index (χ3v) is 3.06. The van der Waals surface area contributed by atoms with Crippen molar-refractivity contribution in [3.8, 4) is 0 Å². The van der Waals surface area contributed by atoms with Crippen molar-refractivity contribution in [2.24, 2.45) is 5.92 Å². The molecule has 0 spiro atoms. The van der Waals surface area contributed by atoms with Gasteiger partial charge in [-0.25, -0.2) is 4.39 Å². The van der Waals surface area contributed by atoms with Gasteiger partial charge in [-0.1, -0.05) is 37.6 Å². The summed E-state index contributed by atoms with van der Waals surface area (Å²) in [5, 5.41) is 3.60. The Kier molecular flexibility index (Phi) is 6.30. The molecule has 0 saturated carbocycles. The Labute approximate surface area is 113 Å². The van der Waals surface area contributed by atoms with Gasteiger partial charge in [-0.05, 0) is 17.7 Å². The molecule has 0 radical (unpaired) electrons. The molecule has 18 heavy (non-hydrogen) atoms. The first-order valence-corrected chi connectivity index (χ1v) is 6.50. The molecule has 0 unspecified atom stereocenters. The van der Waals surface area contributed by atoms with E-state index in [9.17, 15) is 9.18 Å². The molecule has 1 aromatic rings. The van der Waals surface area contributed by atoms with Gasteiger partial charge in [-0.2, -0.15) is 0 Å². The summed E-state index contributed by atoms with van der Waals surface area (Å²) in [6, 6.07) is 7.24. The summed E-state index contributed by atoms with van der Waals surface area (Å²) in [5.41, 5.74) is 0.921. The molecule has 0 amide bonds. The Bertz CT molecular complexity index is 378. The van der Waals surface area contributed by atoms with Gasteiger partial charge in [-0.3, -0.25) is 4.79 Å². The van der Waals surface area contributed by atoms with Crippen LogP contribution in [0.5, 0.6) is 0 Å². The molecule has 4 heteroatoms. The molecule has 0 aliphatic carbocycles. The number of ketones is 1. The zero-order valence-corrected chi connectivity index (χ0v) is 11.5. The van der Waals surface area contributed by atoms with Crippen molar-refractivity contribution < 1.29 is 9.18 Å². The quantitative estimate of drug-likeness (QED) is 0.772. The van der Waals surface area contributed by atoms with Crippen LogP contribution in [0.4, 0.5) is 4.39 Å². The van der Waals surface area contributed by atoms with Gasteiger partial charge in [0.05, 0.1) is 5.92 Å². The zero-order valence-electron chi connectivity index (χ0n) is 10.7. The Hall–Kier alpha value is -0.930. The highest BCUT2D eigenvalue weighted by atomic mass is 35.5. The predicted octanol–water partition coefficient (Wildman–Crippen LogP) is 3.21. The van der Waals surface area contributed by atoms with Gasteiger partial charge in [-0.15, -0.1) is 0 Å². The van der Waals surface area contributed by atoms with E-state index in [4.69, 9.17) is 11.6 Å². The Morgan fingerprint density at radius 3 is 2.44 bits per heavy atom. The normalized spacial score (nSPS) is 12.7. The first-order valence-electron chi connectivity index (χ1n) is 6.12. The molecule has 0 heterocycles. The van der Waals surface area contributed by atoms with Crippen LogP contribution in [0.1, 0.15) is 25.3 Å². The van der Waals surface area contributed by atoms with Gasteiger partial charge in [0, 0.05) is 24.0 Å². The van der Waals surface area contributed by atoms with Crippen LogP contribution in [-0.4, -0.2) is 25.5 Å². The second kappa shape index (κ2) is 7.49. The maximum Gasteiger partial charge on any atom is 0.144 e. The lowest BCUT2D eigenvalue weighted by atomic mass is 9.89. The second-order valence-electron chi connectivity index (χ2n) is 4.55. The summed E-state index contributed by atoms with van der Waals surface area (Å²) in [5.74, 6) is -0.129. The zero-order chi connectivity index (χ0) is 13.5. The molecule has 0 aliphatic heterocycles. The van der Waals surface area contributed by atoms with Crippen molar-refractivity contribution in [3.05, 3.63) is 34.9 Å². The number of Topliss-reactive ketones (excluding diaryl/α,β-unsaturated/α-hetero) is 1. The predicted molar refractivity (Wildman–Crippen MR) is 72.9 cm³/mol. The van der Waals surface area contributed by atoms with E-state index in [1.54, 1.807) is 12.1 Å². The molecule has 0 saturated heterocycles. The molecule has 100 valence electrons. The topological polar surface area (TPSA) is 29.1 Å². The number of benzene rings is 1. The highest BCUT2D eigenvalue weighted by Crippen LogP contribution is 2.21. The van der Waals surface area contributed by atoms with Crippen molar-refractivity contribution in [1.82, 2.24) is 5.32 Å². The molecule has 0 fully saturated rings. The van der Waals surface area contributed by atoms with E-state index in [-0.39, 0.29) is 24.2 Å². The number of hydrogen-bond acceptors (Lipinski definition) is 2. The number of carbonyl (C=O) groups is 1. The number of carbonyl (C=O) groups excluding carboxylic acids is 1. The molecule has 2 nitrogen and oxygen atoms in total. The van der Waals surface area contributed by atoms with E-state index in [0.717, 1.165) is 5.56 Å². The summed E-state index contributed by atoms with van der Waals surface area (Å²) >= 11 is 5.84. The fraction of sp³-hybridized carbons (Fsp3) is 0.500. The van der Waals surface area contributed by atoms with E-state index < -0.39 is 6.67 Å². The van der Waals surface area contributed by atoms with Gasteiger partial charge < -0.3 is 5.32 Å². The summed E-state index contributed by atoms with van der Waals surface area (Å²) in [7, 11) is 0. The monoisotopic (exact) mass is 271 g/mol. The number of alkyl halides is 1. The Morgan fingerprint density at radius 1 is 1.33 bits per heavy atom. The van der Waals surface area contributed by atoms with Crippen molar-refractivity contribution >= 4 is 17.4 Å². The second-order valence-corrected chi connectivity index (χ2v) is 4.99. The average Bonchev–Trinajstić information content (AvgIpc) is 2.35. The maximum atomic E-state index is 12.2. The molecule has 1 rings (SSSR count). The molecule has 0 aromatic heterocycles. The van der Waals surface area contributed by atoms with Gasteiger partial charge in [0.15, 0.2) is 0 Å². The van der Waals surface area contributed by atoms with Crippen LogP contribution in [0.2, 0.25) is 5.02 Å². The lowest BCUT2D eigenvalue weighted by Crippen LogP contribution is -2.30. The smallest absolute Gasteiger partial charge is 0.144 e. The molecular formula is C14H19ClFNO. The Morgan fingerprint density at radius 2 is 1.94 bits per heavy atom. The van der Waals surface area contributed by atoms with E-state index in [0.29, 0.717) is 11.6 Å². The standard InChI is InChI=1S/C14H19ClFNO/c1-10(2)14(18)13(9-17-8-7-16)11-3-5-12(15)6-4-11/h3-6,10,13,17H,7-9H2,1-2H3/t13-/m1/s1. The summed E-state index contributed by atoms with van der Waals surface area (Å²) in [4.78, 5) is 12.2. The van der Waals surface area contributed by atoms with Crippen LogP contribution in [0.15, 0.2) is 24.3 Å². The van der Waals surface area contributed by atoms with Crippen molar-refractivity contribution in [2.75, 3.05) is 19.8 Å². The Balaban J connectivity index is 2.82. The van der Waals surface area contributed by atoms with E-state index >= 15 is 0 Å². The number of rotatable bonds is 7. The van der Waals surface area contributed by atoms with Gasteiger partial charge in [0.25, 0.3) is 0 Å². The maximum absolute atomic E-state index is 12.2.